The van der Waals surface area contributed by atoms with Crippen LogP contribution in [0.1, 0.15) is 32.2 Å². The van der Waals surface area contributed by atoms with Crippen molar-refractivity contribution in [3.8, 4) is 22.5 Å². The largest absolute Gasteiger partial charge is 0.417 e. The third-order valence-electron chi connectivity index (χ3n) is 6.97. The van der Waals surface area contributed by atoms with Gasteiger partial charge in [-0.2, -0.15) is 24.5 Å². The molecule has 0 saturated heterocycles. The quantitative estimate of drug-likeness (QED) is 0.131. The predicted molar refractivity (Wildman–Crippen MR) is 172 cm³/mol. The number of thiophene rings is 1. The first-order chi connectivity index (χ1) is 20.2. The molecule has 0 aliphatic carbocycles. The van der Waals surface area contributed by atoms with E-state index in [9.17, 15) is 13.2 Å². The SMILES string of the molecule is C[Si](C)(C)c1ccc(-c2[c-]cccc2)nc1.[2H]C(C)(C)c1ccnc(-c2[c-]ccc3c2sc2c(C(F)(F)F)cccc23)c1.[Ir]. The average molecular weight is 790 g/mol. The van der Waals surface area contributed by atoms with Crippen molar-refractivity contribution >= 4 is 44.8 Å². The second-order valence-electron chi connectivity index (χ2n) is 11.3. The maximum atomic E-state index is 13.4. The maximum absolute atomic E-state index is 13.4. The summed E-state index contributed by atoms with van der Waals surface area (Å²) in [6.07, 6.45) is -0.762. The van der Waals surface area contributed by atoms with Gasteiger partial charge in [0.2, 0.25) is 0 Å². The number of halogens is 3. The molecule has 0 aliphatic rings. The number of rotatable bonds is 4. The minimum absolute atomic E-state index is 0. The Morgan fingerprint density at radius 1 is 0.837 bits per heavy atom. The molecule has 0 aliphatic heterocycles. The van der Waals surface area contributed by atoms with E-state index in [2.05, 4.69) is 53.9 Å². The molecule has 8 heteroatoms. The summed E-state index contributed by atoms with van der Waals surface area (Å²) >= 11 is 1.11. The number of aromatic nitrogens is 2. The van der Waals surface area contributed by atoms with E-state index in [1.54, 1.807) is 44.3 Å². The minimum Gasteiger partial charge on any atom is -0.305 e. The van der Waals surface area contributed by atoms with E-state index >= 15 is 0 Å². The first-order valence-electron chi connectivity index (χ1n) is 14.1. The van der Waals surface area contributed by atoms with Crippen LogP contribution < -0.4 is 5.19 Å². The van der Waals surface area contributed by atoms with Crippen molar-refractivity contribution in [1.29, 1.82) is 0 Å². The summed E-state index contributed by atoms with van der Waals surface area (Å²) in [7, 11) is -1.23. The van der Waals surface area contributed by atoms with Crippen LogP contribution >= 0.6 is 11.3 Å². The standard InChI is InChI=1S/C21H15F3NS.C14H16NSi.Ir/c1-12(2)13-9-10-25-18(11-13)16-7-3-5-14-15-6-4-8-17(21(22,23)24)20(15)26-19(14)16;1-16(2,3)13-9-10-14(15-11-13)12-7-5-4-6-8-12;/h3-6,8-12H,1-2H3;4-7,9-11H,1-3H3;/q2*-1;/i12D;;. The molecule has 3 aromatic carbocycles. The number of alkyl halides is 3. The Morgan fingerprint density at radius 3 is 2.23 bits per heavy atom. The molecule has 1 radical (unpaired) electrons. The summed E-state index contributed by atoms with van der Waals surface area (Å²) in [6, 6.07) is 29.9. The predicted octanol–water partition coefficient (Wildman–Crippen LogP) is 10.2. The van der Waals surface area contributed by atoms with E-state index in [-0.39, 0.29) is 24.8 Å². The van der Waals surface area contributed by atoms with Gasteiger partial charge in [0, 0.05) is 38.6 Å². The fourth-order valence-corrected chi connectivity index (χ4v) is 6.98. The fraction of sp³-hybridized carbons (Fsp3) is 0.200. The number of pyridine rings is 2. The van der Waals surface area contributed by atoms with Crippen LogP contribution in [-0.2, 0) is 26.3 Å². The summed E-state index contributed by atoms with van der Waals surface area (Å²) in [5.41, 5.74) is 3.50. The van der Waals surface area contributed by atoms with Crippen molar-refractivity contribution in [3.63, 3.8) is 0 Å². The topological polar surface area (TPSA) is 25.8 Å². The van der Waals surface area contributed by atoms with Gasteiger partial charge in [-0.3, -0.25) is 0 Å². The van der Waals surface area contributed by atoms with E-state index < -0.39 is 25.7 Å². The number of hydrogen-bond acceptors (Lipinski definition) is 3. The van der Waals surface area contributed by atoms with E-state index in [4.69, 9.17) is 1.37 Å². The van der Waals surface area contributed by atoms with E-state index in [1.165, 1.54) is 11.3 Å². The van der Waals surface area contributed by atoms with Crippen LogP contribution in [0.15, 0.2) is 91.3 Å². The summed E-state index contributed by atoms with van der Waals surface area (Å²) in [4.78, 5) is 8.90. The Balaban J connectivity index is 0.000000223. The van der Waals surface area contributed by atoms with Crippen molar-refractivity contribution in [3.05, 3.63) is 115 Å². The smallest absolute Gasteiger partial charge is 0.305 e. The zero-order valence-electron chi connectivity index (χ0n) is 25.4. The Hall–Kier alpha value is -3.16. The van der Waals surface area contributed by atoms with Gasteiger partial charge in [-0.25, -0.2) is 0 Å². The molecule has 0 N–H and O–H groups in total. The molecular weight excluding hydrogens is 758 g/mol. The zero-order valence-corrected chi connectivity index (χ0v) is 28.6. The number of fused-ring (bicyclic) bond motifs is 3. The molecule has 0 spiro atoms. The molecule has 223 valence electrons. The van der Waals surface area contributed by atoms with Crippen molar-refractivity contribution in [2.45, 2.75) is 45.6 Å². The van der Waals surface area contributed by atoms with Gasteiger partial charge in [-0.15, -0.1) is 59.7 Å². The fourth-order valence-electron chi connectivity index (χ4n) is 4.60. The van der Waals surface area contributed by atoms with Gasteiger partial charge in [0.25, 0.3) is 0 Å². The summed E-state index contributed by atoms with van der Waals surface area (Å²) in [6.45, 7) is 10.6. The van der Waals surface area contributed by atoms with E-state index in [0.717, 1.165) is 44.3 Å². The molecule has 0 fully saturated rings. The number of benzene rings is 3. The monoisotopic (exact) mass is 790 g/mol. The van der Waals surface area contributed by atoms with Gasteiger partial charge in [0.05, 0.1) is 13.6 Å². The zero-order chi connectivity index (χ0) is 31.0. The number of nitrogens with zero attached hydrogens (tertiary/aromatic N) is 2. The molecule has 0 atom stereocenters. The molecular formula is C35H31F3IrN2SSi-2. The maximum Gasteiger partial charge on any atom is 0.417 e. The molecule has 0 bridgehead atoms. The molecule has 3 aromatic heterocycles. The van der Waals surface area contributed by atoms with Gasteiger partial charge < -0.3 is 9.97 Å². The van der Waals surface area contributed by atoms with Crippen molar-refractivity contribution in [2.24, 2.45) is 0 Å². The molecule has 0 saturated carbocycles. The molecule has 0 unspecified atom stereocenters. The molecule has 0 amide bonds. The molecule has 6 rings (SSSR count). The summed E-state index contributed by atoms with van der Waals surface area (Å²) in [5.74, 6) is -0.796. The number of hydrogen-bond donors (Lipinski definition) is 0. The van der Waals surface area contributed by atoms with Gasteiger partial charge in [-0.1, -0.05) is 74.8 Å². The Morgan fingerprint density at radius 2 is 1.60 bits per heavy atom. The van der Waals surface area contributed by atoms with Gasteiger partial charge in [0.1, 0.15) is 0 Å². The van der Waals surface area contributed by atoms with Gasteiger partial charge in [0.15, 0.2) is 0 Å². The summed E-state index contributed by atoms with van der Waals surface area (Å²) < 4.78 is 49.4. The second kappa shape index (κ2) is 13.2. The molecule has 6 aromatic rings. The average Bonchev–Trinajstić information content (AvgIpc) is 3.36. The molecule has 2 nitrogen and oxygen atoms in total. The minimum atomic E-state index is -4.41. The van der Waals surface area contributed by atoms with Crippen LogP contribution in [0.5, 0.6) is 0 Å². The van der Waals surface area contributed by atoms with Gasteiger partial charge in [-0.05, 0) is 44.7 Å². The van der Waals surface area contributed by atoms with Crippen molar-refractivity contribution < 1.29 is 34.6 Å². The summed E-state index contributed by atoms with van der Waals surface area (Å²) in [5, 5.41) is 2.73. The van der Waals surface area contributed by atoms with Crippen LogP contribution in [-0.4, -0.2) is 18.0 Å². The van der Waals surface area contributed by atoms with Crippen LogP contribution in [0.4, 0.5) is 13.2 Å². The molecule has 43 heavy (non-hydrogen) atoms. The normalized spacial score (nSPS) is 12.3. The first-order valence-corrected chi connectivity index (χ1v) is 17.9. The van der Waals surface area contributed by atoms with Crippen molar-refractivity contribution in [2.75, 3.05) is 0 Å². The van der Waals surface area contributed by atoms with Crippen LogP contribution in [0.25, 0.3) is 42.7 Å². The third kappa shape index (κ3) is 7.32. The Kier molecular flexibility index (Phi) is 9.62. The Bertz CT molecular complexity index is 1880. The van der Waals surface area contributed by atoms with E-state index in [0.29, 0.717) is 16.6 Å². The van der Waals surface area contributed by atoms with Crippen molar-refractivity contribution in [1.82, 2.24) is 9.97 Å². The Labute approximate surface area is 270 Å². The molecule has 3 heterocycles. The third-order valence-corrected chi connectivity index (χ3v) is 10.3. The second-order valence-corrected chi connectivity index (χ2v) is 17.4. The van der Waals surface area contributed by atoms with Crippen LogP contribution in [0.2, 0.25) is 19.6 Å². The first kappa shape index (κ1) is 31.3. The van der Waals surface area contributed by atoms with Crippen LogP contribution in [0.3, 0.4) is 0 Å². The van der Waals surface area contributed by atoms with Gasteiger partial charge >= 0.3 is 6.18 Å². The van der Waals surface area contributed by atoms with E-state index in [1.807, 2.05) is 36.5 Å². The van der Waals surface area contributed by atoms with Crippen LogP contribution in [0, 0.1) is 12.1 Å².